The molecule has 6 heteroatoms. The van der Waals surface area contributed by atoms with E-state index >= 15 is 0 Å². The van der Waals surface area contributed by atoms with Crippen LogP contribution in [0, 0.1) is 0 Å². The monoisotopic (exact) mass is 249 g/mol. The maximum atomic E-state index is 11.4. The van der Waals surface area contributed by atoms with E-state index in [4.69, 9.17) is 4.74 Å². The third-order valence-corrected chi connectivity index (χ3v) is 2.72. The van der Waals surface area contributed by atoms with Crippen molar-refractivity contribution in [1.29, 1.82) is 0 Å². The molecule has 0 aromatic rings. The fourth-order valence-corrected chi connectivity index (χ4v) is 1.70. The summed E-state index contributed by atoms with van der Waals surface area (Å²) >= 11 is 1.67. The minimum Gasteiger partial charge on any atom is -0.464 e. The summed E-state index contributed by atoms with van der Waals surface area (Å²) in [5.41, 5.74) is 0. The van der Waals surface area contributed by atoms with Gasteiger partial charge in [0.05, 0.1) is 12.7 Å². The highest BCUT2D eigenvalue weighted by Gasteiger charge is 2.26. The second-order valence-corrected chi connectivity index (χ2v) is 4.20. The summed E-state index contributed by atoms with van der Waals surface area (Å²) < 4.78 is 4.76. The Morgan fingerprint density at radius 3 is 2.81 bits per heavy atom. The first kappa shape index (κ1) is 15.2. The first-order chi connectivity index (χ1) is 7.67. The van der Waals surface area contributed by atoms with Crippen molar-refractivity contribution in [3.05, 3.63) is 0 Å². The molecule has 1 amide bonds. The molecule has 0 saturated carbocycles. The second kappa shape index (κ2) is 9.47. The molecule has 0 aromatic heterocycles. The van der Waals surface area contributed by atoms with Crippen LogP contribution in [0.4, 0.5) is 0 Å². The van der Waals surface area contributed by atoms with Crippen molar-refractivity contribution < 1.29 is 19.4 Å². The van der Waals surface area contributed by atoms with Crippen molar-refractivity contribution in [1.82, 2.24) is 5.32 Å². The van der Waals surface area contributed by atoms with E-state index in [1.54, 1.807) is 18.7 Å². The standard InChI is InChI=1S/C10H19NO4S/c1-3-15-10(14)9(11-7-12)8(13)5-4-6-16-2/h7-9,13H,3-6H2,1-2H3,(H,11,12). The van der Waals surface area contributed by atoms with Crippen LogP contribution in [0.2, 0.25) is 0 Å². The van der Waals surface area contributed by atoms with Crippen LogP contribution in [0.1, 0.15) is 19.8 Å². The molecule has 0 fully saturated rings. The molecule has 0 rings (SSSR count). The topological polar surface area (TPSA) is 75.6 Å². The van der Waals surface area contributed by atoms with Gasteiger partial charge in [-0.15, -0.1) is 0 Å². The van der Waals surface area contributed by atoms with Crippen molar-refractivity contribution >= 4 is 24.1 Å². The number of hydrogen-bond acceptors (Lipinski definition) is 5. The van der Waals surface area contributed by atoms with Crippen LogP contribution >= 0.6 is 11.8 Å². The van der Waals surface area contributed by atoms with Crippen molar-refractivity contribution in [2.45, 2.75) is 31.9 Å². The summed E-state index contributed by atoms with van der Waals surface area (Å²) in [7, 11) is 0. The molecule has 2 atom stereocenters. The highest BCUT2D eigenvalue weighted by atomic mass is 32.2. The number of aliphatic hydroxyl groups is 1. The quantitative estimate of drug-likeness (QED) is 0.346. The van der Waals surface area contributed by atoms with Gasteiger partial charge in [0.15, 0.2) is 6.04 Å². The third kappa shape index (κ3) is 5.97. The lowest BCUT2D eigenvalue weighted by atomic mass is 10.1. The lowest BCUT2D eigenvalue weighted by Crippen LogP contribution is -2.46. The molecule has 0 aromatic carbocycles. The molecule has 0 saturated heterocycles. The van der Waals surface area contributed by atoms with Crippen LogP contribution in [0.5, 0.6) is 0 Å². The number of aliphatic hydroxyl groups excluding tert-OH is 1. The van der Waals surface area contributed by atoms with E-state index in [1.165, 1.54) is 0 Å². The van der Waals surface area contributed by atoms with Gasteiger partial charge in [-0.05, 0) is 31.8 Å². The molecule has 94 valence electrons. The predicted molar refractivity (Wildman–Crippen MR) is 63.2 cm³/mol. The van der Waals surface area contributed by atoms with Crippen LogP contribution in [0.25, 0.3) is 0 Å². The van der Waals surface area contributed by atoms with Gasteiger partial charge in [-0.3, -0.25) is 4.79 Å². The smallest absolute Gasteiger partial charge is 0.331 e. The Bertz CT molecular complexity index is 213. The van der Waals surface area contributed by atoms with Crippen LogP contribution in [-0.4, -0.2) is 48.2 Å². The zero-order valence-electron chi connectivity index (χ0n) is 9.64. The van der Waals surface area contributed by atoms with E-state index in [1.807, 2.05) is 6.26 Å². The molecule has 0 heterocycles. The molecule has 0 radical (unpaired) electrons. The van der Waals surface area contributed by atoms with Crippen molar-refractivity contribution in [3.8, 4) is 0 Å². The van der Waals surface area contributed by atoms with Gasteiger partial charge < -0.3 is 15.2 Å². The summed E-state index contributed by atoms with van der Waals surface area (Å²) in [4.78, 5) is 21.7. The van der Waals surface area contributed by atoms with Crippen molar-refractivity contribution in [2.24, 2.45) is 0 Å². The third-order valence-electron chi connectivity index (χ3n) is 2.02. The Balaban J connectivity index is 4.16. The van der Waals surface area contributed by atoms with E-state index in [9.17, 15) is 14.7 Å². The Labute approximate surface area is 99.9 Å². The van der Waals surface area contributed by atoms with E-state index < -0.39 is 18.1 Å². The van der Waals surface area contributed by atoms with Gasteiger partial charge in [0.1, 0.15) is 0 Å². The van der Waals surface area contributed by atoms with E-state index in [2.05, 4.69) is 5.32 Å². The molecule has 0 aliphatic heterocycles. The van der Waals surface area contributed by atoms with Gasteiger partial charge in [0.2, 0.25) is 6.41 Å². The zero-order chi connectivity index (χ0) is 12.4. The number of carbonyl (C=O) groups excluding carboxylic acids is 2. The summed E-state index contributed by atoms with van der Waals surface area (Å²) in [6.07, 6.45) is 2.73. The Morgan fingerprint density at radius 1 is 1.62 bits per heavy atom. The lowest BCUT2D eigenvalue weighted by molar-refractivity contribution is -0.149. The van der Waals surface area contributed by atoms with Crippen LogP contribution in [0.3, 0.4) is 0 Å². The van der Waals surface area contributed by atoms with Gasteiger partial charge in [-0.1, -0.05) is 0 Å². The fraction of sp³-hybridized carbons (Fsp3) is 0.800. The fourth-order valence-electron chi connectivity index (χ4n) is 1.25. The molecule has 0 aliphatic carbocycles. The number of amides is 1. The van der Waals surface area contributed by atoms with Gasteiger partial charge in [0.25, 0.3) is 0 Å². The normalized spacial score (nSPS) is 13.9. The van der Waals surface area contributed by atoms with Crippen molar-refractivity contribution in [3.63, 3.8) is 0 Å². The average molecular weight is 249 g/mol. The Morgan fingerprint density at radius 2 is 2.31 bits per heavy atom. The minimum absolute atomic E-state index is 0.230. The molecule has 0 aliphatic rings. The van der Waals surface area contributed by atoms with Gasteiger partial charge in [-0.2, -0.15) is 11.8 Å². The van der Waals surface area contributed by atoms with Gasteiger partial charge in [0, 0.05) is 0 Å². The predicted octanol–water partition coefficient (Wildman–Crippen LogP) is 0.168. The number of nitrogens with one attached hydrogen (secondary N) is 1. The summed E-state index contributed by atoms with van der Waals surface area (Å²) in [5.74, 6) is 0.319. The molecule has 2 unspecified atom stereocenters. The average Bonchev–Trinajstić information content (AvgIpc) is 2.26. The first-order valence-electron chi connectivity index (χ1n) is 5.20. The number of esters is 1. The summed E-state index contributed by atoms with van der Waals surface area (Å²) in [5, 5.41) is 12.0. The van der Waals surface area contributed by atoms with Crippen LogP contribution in [-0.2, 0) is 14.3 Å². The minimum atomic E-state index is -0.959. The second-order valence-electron chi connectivity index (χ2n) is 3.22. The molecule has 16 heavy (non-hydrogen) atoms. The molecular formula is C10H19NO4S. The summed E-state index contributed by atoms with van der Waals surface area (Å²) in [6, 6.07) is -0.959. The van der Waals surface area contributed by atoms with Crippen LogP contribution < -0.4 is 5.32 Å². The molecule has 0 spiro atoms. The van der Waals surface area contributed by atoms with E-state index in [-0.39, 0.29) is 6.61 Å². The Hall–Kier alpha value is -0.750. The molecule has 0 bridgehead atoms. The number of rotatable bonds is 9. The van der Waals surface area contributed by atoms with E-state index in [0.29, 0.717) is 12.8 Å². The SMILES string of the molecule is CCOC(=O)C(NC=O)C(O)CCCSC. The van der Waals surface area contributed by atoms with Crippen LogP contribution in [0.15, 0.2) is 0 Å². The maximum Gasteiger partial charge on any atom is 0.331 e. The van der Waals surface area contributed by atoms with Gasteiger partial charge >= 0.3 is 5.97 Å². The first-order valence-corrected chi connectivity index (χ1v) is 6.60. The lowest BCUT2D eigenvalue weighted by Gasteiger charge is -2.20. The number of thioether (sulfide) groups is 1. The highest BCUT2D eigenvalue weighted by Crippen LogP contribution is 2.07. The summed E-state index contributed by atoms with van der Waals surface area (Å²) in [6.45, 7) is 1.91. The largest absolute Gasteiger partial charge is 0.464 e. The highest BCUT2D eigenvalue weighted by molar-refractivity contribution is 7.98. The Kier molecular flexibility index (Phi) is 9.03. The number of ether oxygens (including phenoxy) is 1. The zero-order valence-corrected chi connectivity index (χ0v) is 10.5. The van der Waals surface area contributed by atoms with Gasteiger partial charge in [-0.25, -0.2) is 4.79 Å². The molecular weight excluding hydrogens is 230 g/mol. The molecule has 5 nitrogen and oxygen atoms in total. The molecule has 2 N–H and O–H groups in total. The van der Waals surface area contributed by atoms with Crippen molar-refractivity contribution in [2.75, 3.05) is 18.6 Å². The number of carbonyl (C=O) groups is 2. The van der Waals surface area contributed by atoms with E-state index in [0.717, 1.165) is 12.2 Å². The number of hydrogen-bond donors (Lipinski definition) is 2. The maximum absolute atomic E-state index is 11.4.